The molecule has 0 amide bonds. The summed E-state index contributed by atoms with van der Waals surface area (Å²) in [7, 11) is 5.14. The summed E-state index contributed by atoms with van der Waals surface area (Å²) in [5.74, 6) is 1.51. The largest absolute Gasteiger partial charge is 0.494 e. The van der Waals surface area contributed by atoms with Crippen LogP contribution in [0.5, 0.6) is 5.75 Å². The Kier molecular flexibility index (Phi) is 8.33. The van der Waals surface area contributed by atoms with Crippen molar-refractivity contribution < 1.29 is 14.3 Å². The zero-order valence-electron chi connectivity index (χ0n) is 20.6. The lowest BCUT2D eigenvalue weighted by Gasteiger charge is -2.15. The van der Waals surface area contributed by atoms with Gasteiger partial charge in [-0.25, -0.2) is 14.8 Å². The molecule has 0 unspecified atom stereocenters. The molecule has 0 spiro atoms. The number of carbonyl (C=O) groups excluding carboxylic acids is 1. The molecule has 4 rings (SSSR count). The Balaban J connectivity index is 0.00000167. The minimum absolute atomic E-state index is 0.173. The molecule has 184 valence electrons. The van der Waals surface area contributed by atoms with Gasteiger partial charge in [-0.2, -0.15) is 15.2 Å². The fourth-order valence-electron chi connectivity index (χ4n) is 3.11. The Morgan fingerprint density at radius 1 is 1.06 bits per heavy atom. The van der Waals surface area contributed by atoms with E-state index >= 15 is 0 Å². The number of carbonyl (C=O) groups is 1. The van der Waals surface area contributed by atoms with Crippen molar-refractivity contribution in [1.29, 1.82) is 0 Å². The van der Waals surface area contributed by atoms with Crippen molar-refractivity contribution in [3.63, 3.8) is 0 Å². The van der Waals surface area contributed by atoms with E-state index in [4.69, 9.17) is 9.47 Å². The summed E-state index contributed by atoms with van der Waals surface area (Å²) in [4.78, 5) is 25.6. The summed E-state index contributed by atoms with van der Waals surface area (Å²) in [6.45, 7) is 5.95. The van der Waals surface area contributed by atoms with Gasteiger partial charge in [0.1, 0.15) is 11.9 Å². The Hall–Kier alpha value is -4.48. The van der Waals surface area contributed by atoms with E-state index in [-0.39, 0.29) is 23.9 Å². The van der Waals surface area contributed by atoms with E-state index in [9.17, 15) is 4.79 Å². The van der Waals surface area contributed by atoms with Crippen LogP contribution in [-0.4, -0.2) is 54.2 Å². The molecule has 0 radical (unpaired) electrons. The van der Waals surface area contributed by atoms with E-state index in [1.54, 1.807) is 62.1 Å². The molecular formula is C23H29N9O3. The first kappa shape index (κ1) is 25.1. The number of anilines is 4. The van der Waals surface area contributed by atoms with Crippen LogP contribution in [0.25, 0.3) is 11.4 Å². The van der Waals surface area contributed by atoms with Gasteiger partial charge in [0.05, 0.1) is 25.0 Å². The number of aryl methyl sites for hydroxylation is 2. The van der Waals surface area contributed by atoms with Gasteiger partial charge in [-0.15, -0.1) is 0 Å². The second-order valence-corrected chi connectivity index (χ2v) is 6.93. The van der Waals surface area contributed by atoms with Crippen molar-refractivity contribution in [2.75, 3.05) is 24.4 Å². The Morgan fingerprint density at radius 3 is 2.49 bits per heavy atom. The van der Waals surface area contributed by atoms with Crippen LogP contribution in [0.4, 0.5) is 23.3 Å². The van der Waals surface area contributed by atoms with Crippen LogP contribution in [0, 0.1) is 0 Å². The van der Waals surface area contributed by atoms with Crippen molar-refractivity contribution in [3.05, 3.63) is 48.5 Å². The van der Waals surface area contributed by atoms with Crippen molar-refractivity contribution in [2.24, 2.45) is 14.1 Å². The first-order chi connectivity index (χ1) is 17.0. The summed E-state index contributed by atoms with van der Waals surface area (Å²) in [5, 5.41) is 14.8. The van der Waals surface area contributed by atoms with Crippen molar-refractivity contribution in [3.8, 4) is 17.1 Å². The molecule has 0 aliphatic carbocycles. The molecule has 0 aliphatic heterocycles. The van der Waals surface area contributed by atoms with Crippen LogP contribution in [0.2, 0.25) is 0 Å². The van der Waals surface area contributed by atoms with Crippen LogP contribution in [0.1, 0.15) is 31.1 Å². The van der Waals surface area contributed by atoms with Gasteiger partial charge in [0, 0.05) is 32.6 Å². The third-order valence-electron chi connectivity index (χ3n) is 4.55. The second kappa shape index (κ2) is 11.6. The average Bonchev–Trinajstić information content (AvgIpc) is 3.48. The summed E-state index contributed by atoms with van der Waals surface area (Å²) < 4.78 is 14.1. The lowest BCUT2D eigenvalue weighted by atomic mass is 10.1. The number of hydrogen-bond donors (Lipinski definition) is 2. The first-order valence-corrected chi connectivity index (χ1v) is 11.1. The highest BCUT2D eigenvalue weighted by molar-refractivity contribution is 5.96. The van der Waals surface area contributed by atoms with E-state index < -0.39 is 5.97 Å². The maximum Gasteiger partial charge on any atom is 0.343 e. The molecule has 4 aromatic rings. The number of hydrogen-bond acceptors (Lipinski definition) is 10. The third-order valence-corrected chi connectivity index (χ3v) is 4.55. The fourth-order valence-corrected chi connectivity index (χ4v) is 3.11. The molecular weight excluding hydrogens is 450 g/mol. The van der Waals surface area contributed by atoms with Crippen molar-refractivity contribution in [2.45, 2.75) is 20.8 Å². The van der Waals surface area contributed by atoms with Gasteiger partial charge in [-0.3, -0.25) is 9.36 Å². The Bertz CT molecular complexity index is 1280. The number of ether oxygens (including phenoxy) is 2. The highest BCUT2D eigenvalue weighted by Crippen LogP contribution is 2.36. The second-order valence-electron chi connectivity index (χ2n) is 6.93. The molecule has 0 fully saturated rings. The van der Waals surface area contributed by atoms with Crippen LogP contribution < -0.4 is 15.4 Å². The molecule has 3 aromatic heterocycles. The summed E-state index contributed by atoms with van der Waals surface area (Å²) in [6.07, 6.45) is 4.79. The predicted molar refractivity (Wildman–Crippen MR) is 132 cm³/mol. The summed E-state index contributed by atoms with van der Waals surface area (Å²) >= 11 is 0. The fraction of sp³-hybridized carbons (Fsp3) is 0.304. The number of para-hydroxylation sites is 1. The molecule has 35 heavy (non-hydrogen) atoms. The van der Waals surface area contributed by atoms with E-state index in [1.807, 2.05) is 26.0 Å². The molecule has 2 N–H and O–H groups in total. The highest BCUT2D eigenvalue weighted by atomic mass is 16.5. The first-order valence-electron chi connectivity index (χ1n) is 11.1. The SMILES string of the molecule is CC.CCOC(=O)c1cnc(Nc2ccn(C)n2)nc1Nc1cccc(-c2ncn(C)n2)c1OC. The molecule has 0 atom stereocenters. The van der Waals surface area contributed by atoms with Gasteiger partial charge >= 0.3 is 5.97 Å². The van der Waals surface area contributed by atoms with Gasteiger partial charge in [0.2, 0.25) is 5.95 Å². The van der Waals surface area contributed by atoms with Crippen LogP contribution in [-0.2, 0) is 18.8 Å². The molecule has 0 saturated carbocycles. The summed E-state index contributed by atoms with van der Waals surface area (Å²) in [5.41, 5.74) is 1.42. The maximum absolute atomic E-state index is 12.5. The maximum atomic E-state index is 12.5. The standard InChI is InChI=1S/C21H23N9O3.C2H6/c1-5-33-20(31)14-11-22-21(25-16-9-10-29(2)27-16)26-19(14)24-15-8-6-7-13(17(15)32-4)18-23-12-30(3)28-18;1-2/h6-12H,5H2,1-4H3,(H2,22,24,25,26,27);1-2H3. The van der Waals surface area contributed by atoms with Gasteiger partial charge in [-0.05, 0) is 19.1 Å². The monoisotopic (exact) mass is 479 g/mol. The Labute approximate surface area is 203 Å². The number of benzene rings is 1. The van der Waals surface area contributed by atoms with Crippen molar-refractivity contribution >= 4 is 29.2 Å². The average molecular weight is 480 g/mol. The van der Waals surface area contributed by atoms with E-state index in [2.05, 4.69) is 35.8 Å². The van der Waals surface area contributed by atoms with Gasteiger partial charge in [-0.1, -0.05) is 19.9 Å². The molecule has 0 aliphatic rings. The number of nitrogens with one attached hydrogen (secondary N) is 2. The number of methoxy groups -OCH3 is 1. The topological polar surface area (TPSA) is 134 Å². The zero-order chi connectivity index (χ0) is 25.4. The van der Waals surface area contributed by atoms with Gasteiger partial charge in [0.15, 0.2) is 23.2 Å². The molecule has 0 bridgehead atoms. The quantitative estimate of drug-likeness (QED) is 0.360. The molecule has 0 saturated heterocycles. The lowest BCUT2D eigenvalue weighted by Crippen LogP contribution is -2.12. The zero-order valence-corrected chi connectivity index (χ0v) is 20.6. The van der Waals surface area contributed by atoms with Gasteiger partial charge in [0.25, 0.3) is 0 Å². The van der Waals surface area contributed by atoms with E-state index in [0.29, 0.717) is 28.6 Å². The van der Waals surface area contributed by atoms with E-state index in [0.717, 1.165) is 0 Å². The lowest BCUT2D eigenvalue weighted by molar-refractivity contribution is 0.0526. The number of rotatable bonds is 8. The van der Waals surface area contributed by atoms with E-state index in [1.165, 1.54) is 6.20 Å². The molecule has 12 nitrogen and oxygen atoms in total. The molecule has 1 aromatic carbocycles. The minimum Gasteiger partial charge on any atom is -0.494 e. The van der Waals surface area contributed by atoms with Crippen molar-refractivity contribution in [1.82, 2.24) is 34.5 Å². The number of nitrogens with zero attached hydrogens (tertiary/aromatic N) is 7. The van der Waals surface area contributed by atoms with Crippen LogP contribution in [0.3, 0.4) is 0 Å². The third kappa shape index (κ3) is 5.91. The smallest absolute Gasteiger partial charge is 0.343 e. The normalized spacial score (nSPS) is 10.2. The van der Waals surface area contributed by atoms with Crippen LogP contribution in [0.15, 0.2) is 43.0 Å². The molecule has 12 heteroatoms. The minimum atomic E-state index is -0.550. The van der Waals surface area contributed by atoms with Crippen LogP contribution >= 0.6 is 0 Å². The van der Waals surface area contributed by atoms with Gasteiger partial charge < -0.3 is 20.1 Å². The summed E-state index contributed by atoms with van der Waals surface area (Å²) in [6, 6.07) is 7.25. The highest BCUT2D eigenvalue weighted by Gasteiger charge is 2.20. The predicted octanol–water partition coefficient (Wildman–Crippen LogP) is 3.70. The number of aromatic nitrogens is 7. The Morgan fingerprint density at radius 2 is 1.86 bits per heavy atom. The number of esters is 1. The molecule has 3 heterocycles.